The summed E-state index contributed by atoms with van der Waals surface area (Å²) in [6, 6.07) is 2.16. The molecule has 0 aliphatic heterocycles. The fraction of sp³-hybridized carbons (Fsp3) is 1.00. The molecule has 1 atom stereocenters. The second-order valence-electron chi connectivity index (χ2n) is 8.78. The molecule has 2 nitrogen and oxygen atoms in total. The topological polar surface area (TPSA) is 18.5 Å². The van der Waals surface area contributed by atoms with Crippen LogP contribution in [0.5, 0.6) is 0 Å². The standard InChI is InChI=1S/C25H54O2Si/c1-6-10-12-13-14-15-16-17-18-19-20-21-22-24-26-28(8-3,9-4)27-25(5)23-11-7-2/h25H,6-24H2,1-5H3. The lowest BCUT2D eigenvalue weighted by molar-refractivity contribution is 0.114. The zero-order valence-electron chi connectivity index (χ0n) is 20.3. The van der Waals surface area contributed by atoms with E-state index in [1.807, 2.05) is 0 Å². The summed E-state index contributed by atoms with van der Waals surface area (Å²) in [6.07, 6.45) is 22.3. The Morgan fingerprint density at radius 3 is 1.43 bits per heavy atom. The van der Waals surface area contributed by atoms with Crippen LogP contribution >= 0.6 is 0 Å². The molecule has 0 aliphatic carbocycles. The molecular formula is C25H54O2Si. The van der Waals surface area contributed by atoms with Crippen molar-refractivity contribution in [3.8, 4) is 0 Å². The van der Waals surface area contributed by atoms with E-state index in [0.717, 1.165) is 18.7 Å². The lowest BCUT2D eigenvalue weighted by Gasteiger charge is -2.32. The molecule has 3 heteroatoms. The minimum absolute atomic E-state index is 0.359. The van der Waals surface area contributed by atoms with Crippen LogP contribution in [0.1, 0.15) is 137 Å². The smallest absolute Gasteiger partial charge is 0.337 e. The molecule has 0 aliphatic rings. The van der Waals surface area contributed by atoms with Crippen molar-refractivity contribution in [1.82, 2.24) is 0 Å². The number of hydrogen-bond donors (Lipinski definition) is 0. The Morgan fingerprint density at radius 1 is 0.571 bits per heavy atom. The van der Waals surface area contributed by atoms with Gasteiger partial charge >= 0.3 is 8.56 Å². The van der Waals surface area contributed by atoms with Crippen LogP contribution in [-0.4, -0.2) is 21.3 Å². The lowest BCUT2D eigenvalue weighted by Crippen LogP contribution is -2.43. The van der Waals surface area contributed by atoms with Crippen LogP contribution in [0.4, 0.5) is 0 Å². The van der Waals surface area contributed by atoms with Crippen molar-refractivity contribution >= 4 is 8.56 Å². The van der Waals surface area contributed by atoms with Gasteiger partial charge in [-0.1, -0.05) is 118 Å². The highest BCUT2D eigenvalue weighted by molar-refractivity contribution is 6.67. The van der Waals surface area contributed by atoms with Crippen molar-refractivity contribution in [2.75, 3.05) is 6.61 Å². The first-order chi connectivity index (χ1) is 13.6. The molecule has 0 N–H and O–H groups in total. The second kappa shape index (κ2) is 20.4. The Bertz CT molecular complexity index is 305. The largest absolute Gasteiger partial charge is 0.394 e. The van der Waals surface area contributed by atoms with E-state index in [9.17, 15) is 0 Å². The van der Waals surface area contributed by atoms with Crippen molar-refractivity contribution in [2.24, 2.45) is 0 Å². The Hall–Kier alpha value is 0.137. The van der Waals surface area contributed by atoms with E-state index in [4.69, 9.17) is 8.85 Å². The molecular weight excluding hydrogens is 360 g/mol. The highest BCUT2D eigenvalue weighted by atomic mass is 28.4. The van der Waals surface area contributed by atoms with Crippen LogP contribution < -0.4 is 0 Å². The summed E-state index contributed by atoms with van der Waals surface area (Å²) in [5.41, 5.74) is 0. The normalized spacial score (nSPS) is 13.2. The molecule has 170 valence electrons. The van der Waals surface area contributed by atoms with E-state index in [-0.39, 0.29) is 0 Å². The first-order valence-electron chi connectivity index (χ1n) is 13.0. The monoisotopic (exact) mass is 414 g/mol. The highest BCUT2D eigenvalue weighted by Gasteiger charge is 2.35. The van der Waals surface area contributed by atoms with E-state index >= 15 is 0 Å². The second-order valence-corrected chi connectivity index (χ2v) is 12.5. The summed E-state index contributed by atoms with van der Waals surface area (Å²) < 4.78 is 12.9. The van der Waals surface area contributed by atoms with Crippen LogP contribution in [0.3, 0.4) is 0 Å². The van der Waals surface area contributed by atoms with Crippen LogP contribution in [0.2, 0.25) is 12.1 Å². The molecule has 0 heterocycles. The first-order valence-corrected chi connectivity index (χ1v) is 15.2. The van der Waals surface area contributed by atoms with Crippen molar-refractivity contribution < 1.29 is 8.85 Å². The number of hydrogen-bond acceptors (Lipinski definition) is 2. The molecule has 0 aromatic heterocycles. The highest BCUT2D eigenvalue weighted by Crippen LogP contribution is 2.23. The summed E-state index contributed by atoms with van der Waals surface area (Å²) in [5, 5.41) is 0. The number of rotatable bonds is 22. The Kier molecular flexibility index (Phi) is 20.5. The third-order valence-corrected chi connectivity index (χ3v) is 9.79. The maximum absolute atomic E-state index is 6.47. The average molecular weight is 415 g/mol. The average Bonchev–Trinajstić information content (AvgIpc) is 2.71. The fourth-order valence-electron chi connectivity index (χ4n) is 3.95. The maximum Gasteiger partial charge on any atom is 0.337 e. The Morgan fingerprint density at radius 2 is 1.00 bits per heavy atom. The quantitative estimate of drug-likeness (QED) is 0.130. The fourth-order valence-corrected chi connectivity index (χ4v) is 6.63. The van der Waals surface area contributed by atoms with Gasteiger partial charge in [0.2, 0.25) is 0 Å². The van der Waals surface area contributed by atoms with Gasteiger partial charge in [-0.2, -0.15) is 0 Å². The minimum atomic E-state index is -1.96. The van der Waals surface area contributed by atoms with E-state index in [2.05, 4.69) is 34.6 Å². The molecule has 28 heavy (non-hydrogen) atoms. The first kappa shape index (κ1) is 28.1. The summed E-state index contributed by atoms with van der Waals surface area (Å²) >= 11 is 0. The molecule has 1 unspecified atom stereocenters. The van der Waals surface area contributed by atoms with Crippen LogP contribution in [-0.2, 0) is 8.85 Å². The van der Waals surface area contributed by atoms with Crippen molar-refractivity contribution in [1.29, 1.82) is 0 Å². The molecule has 0 aromatic carbocycles. The molecule has 0 aromatic rings. The van der Waals surface area contributed by atoms with Gasteiger partial charge in [0.15, 0.2) is 0 Å². The van der Waals surface area contributed by atoms with Gasteiger partial charge in [0.1, 0.15) is 0 Å². The predicted molar refractivity (Wildman–Crippen MR) is 128 cm³/mol. The van der Waals surface area contributed by atoms with Crippen LogP contribution in [0.25, 0.3) is 0 Å². The molecule has 0 bridgehead atoms. The summed E-state index contributed by atoms with van der Waals surface area (Å²) in [5.74, 6) is 0. The van der Waals surface area contributed by atoms with E-state index < -0.39 is 8.56 Å². The van der Waals surface area contributed by atoms with Gasteiger partial charge in [-0.3, -0.25) is 0 Å². The third kappa shape index (κ3) is 16.0. The SMILES string of the molecule is CCCCCCCCCCCCCCCO[Si](CC)(CC)OC(C)CCCC. The van der Waals surface area contributed by atoms with Gasteiger partial charge in [0.05, 0.1) is 0 Å². The number of unbranched alkanes of at least 4 members (excludes halogenated alkanes) is 13. The van der Waals surface area contributed by atoms with Gasteiger partial charge in [0, 0.05) is 12.7 Å². The summed E-state index contributed by atoms with van der Waals surface area (Å²) in [4.78, 5) is 0. The third-order valence-electron chi connectivity index (χ3n) is 6.07. The zero-order chi connectivity index (χ0) is 20.9. The van der Waals surface area contributed by atoms with Gasteiger partial charge < -0.3 is 8.85 Å². The lowest BCUT2D eigenvalue weighted by atomic mass is 10.0. The van der Waals surface area contributed by atoms with Crippen LogP contribution in [0, 0.1) is 0 Å². The molecule has 0 radical (unpaired) electrons. The van der Waals surface area contributed by atoms with Gasteiger partial charge in [-0.05, 0) is 31.9 Å². The van der Waals surface area contributed by atoms with Gasteiger partial charge in [0.25, 0.3) is 0 Å². The molecule has 0 rings (SSSR count). The van der Waals surface area contributed by atoms with Gasteiger partial charge in [-0.25, -0.2) is 0 Å². The molecule has 0 fully saturated rings. The van der Waals surface area contributed by atoms with Crippen molar-refractivity contribution in [3.63, 3.8) is 0 Å². The van der Waals surface area contributed by atoms with E-state index in [1.165, 1.54) is 103 Å². The summed E-state index contributed by atoms with van der Waals surface area (Å²) in [7, 11) is -1.96. The van der Waals surface area contributed by atoms with Crippen LogP contribution in [0.15, 0.2) is 0 Å². The molecule has 0 saturated heterocycles. The Labute approximate surface area is 179 Å². The maximum atomic E-state index is 6.47. The summed E-state index contributed by atoms with van der Waals surface area (Å²) in [6.45, 7) is 12.2. The zero-order valence-corrected chi connectivity index (χ0v) is 21.3. The van der Waals surface area contributed by atoms with Gasteiger partial charge in [-0.15, -0.1) is 0 Å². The van der Waals surface area contributed by atoms with E-state index in [0.29, 0.717) is 6.10 Å². The Balaban J connectivity index is 3.62. The predicted octanol–water partition coefficient (Wildman–Crippen LogP) is 9.17. The van der Waals surface area contributed by atoms with E-state index in [1.54, 1.807) is 0 Å². The molecule has 0 spiro atoms. The molecule has 0 amide bonds. The molecule has 0 saturated carbocycles. The minimum Gasteiger partial charge on any atom is -0.394 e. The van der Waals surface area contributed by atoms with Crippen molar-refractivity contribution in [3.05, 3.63) is 0 Å². The van der Waals surface area contributed by atoms with Crippen molar-refractivity contribution in [2.45, 2.75) is 156 Å².